The summed E-state index contributed by atoms with van der Waals surface area (Å²) in [7, 11) is 0. The highest BCUT2D eigenvalue weighted by molar-refractivity contribution is 5.75. The second-order valence-electron chi connectivity index (χ2n) is 4.80. The van der Waals surface area contributed by atoms with E-state index in [0.717, 1.165) is 5.56 Å². The highest BCUT2D eigenvalue weighted by Gasteiger charge is 2.31. The molecule has 2 atom stereocenters. The van der Waals surface area contributed by atoms with E-state index in [2.05, 4.69) is 0 Å². The number of aliphatic carboxylic acids is 1. The van der Waals surface area contributed by atoms with Crippen molar-refractivity contribution in [1.82, 2.24) is 4.90 Å². The van der Waals surface area contributed by atoms with Crippen LogP contribution in [0.15, 0.2) is 30.3 Å². The first-order valence-electron chi connectivity index (χ1n) is 6.93. The summed E-state index contributed by atoms with van der Waals surface area (Å²) < 4.78 is 11.0. The minimum Gasteiger partial charge on any atom is -0.480 e. The summed E-state index contributed by atoms with van der Waals surface area (Å²) in [5.74, 6) is -0.826. The summed E-state index contributed by atoms with van der Waals surface area (Å²) >= 11 is 0. The van der Waals surface area contributed by atoms with E-state index < -0.39 is 12.0 Å². The zero-order chi connectivity index (χ0) is 14.4. The number of carboxylic acid groups (broad SMARTS) is 1. The van der Waals surface area contributed by atoms with Gasteiger partial charge in [0.2, 0.25) is 0 Å². The molecule has 20 heavy (non-hydrogen) atoms. The Balaban J connectivity index is 2.07. The Morgan fingerprint density at radius 3 is 2.90 bits per heavy atom. The lowest BCUT2D eigenvalue weighted by molar-refractivity contribution is -0.148. The fourth-order valence-corrected chi connectivity index (χ4v) is 2.47. The molecule has 2 rings (SSSR count). The van der Waals surface area contributed by atoms with Gasteiger partial charge in [-0.25, -0.2) is 0 Å². The molecule has 0 spiro atoms. The monoisotopic (exact) mass is 279 g/mol. The smallest absolute Gasteiger partial charge is 0.325 e. The van der Waals surface area contributed by atoms with E-state index in [1.807, 2.05) is 42.2 Å². The standard InChI is InChI=1S/C15H21NO4/c1-2-19-11-13-10-16(8-9-20-13)14(15(17)18)12-6-4-3-5-7-12/h3-7,13-14H,2,8-11H2,1H3,(H,17,18). The Hall–Kier alpha value is -1.43. The maximum absolute atomic E-state index is 11.6. The molecule has 0 aliphatic carbocycles. The first-order valence-corrected chi connectivity index (χ1v) is 6.93. The van der Waals surface area contributed by atoms with Crippen molar-refractivity contribution in [3.63, 3.8) is 0 Å². The van der Waals surface area contributed by atoms with E-state index in [0.29, 0.717) is 32.9 Å². The summed E-state index contributed by atoms with van der Waals surface area (Å²) in [5, 5.41) is 9.53. The van der Waals surface area contributed by atoms with Crippen LogP contribution in [0.5, 0.6) is 0 Å². The second-order valence-corrected chi connectivity index (χ2v) is 4.80. The average Bonchev–Trinajstić information content (AvgIpc) is 2.46. The molecular formula is C15H21NO4. The Bertz CT molecular complexity index is 423. The van der Waals surface area contributed by atoms with Crippen molar-refractivity contribution in [1.29, 1.82) is 0 Å². The molecule has 0 amide bonds. The Morgan fingerprint density at radius 2 is 2.25 bits per heavy atom. The van der Waals surface area contributed by atoms with Gasteiger partial charge in [0.15, 0.2) is 0 Å². The molecule has 1 aliphatic rings. The molecule has 1 N–H and O–H groups in total. The highest BCUT2D eigenvalue weighted by Crippen LogP contribution is 2.23. The number of benzene rings is 1. The van der Waals surface area contributed by atoms with Crippen LogP contribution in [0.4, 0.5) is 0 Å². The van der Waals surface area contributed by atoms with E-state index in [4.69, 9.17) is 9.47 Å². The molecule has 1 heterocycles. The minimum absolute atomic E-state index is 0.0609. The van der Waals surface area contributed by atoms with Gasteiger partial charge in [-0.1, -0.05) is 30.3 Å². The van der Waals surface area contributed by atoms with Crippen molar-refractivity contribution in [2.24, 2.45) is 0 Å². The van der Waals surface area contributed by atoms with Gasteiger partial charge in [0.25, 0.3) is 0 Å². The summed E-state index contributed by atoms with van der Waals surface area (Å²) in [4.78, 5) is 13.6. The molecule has 1 aromatic carbocycles. The third-order valence-electron chi connectivity index (χ3n) is 3.39. The van der Waals surface area contributed by atoms with Crippen LogP contribution < -0.4 is 0 Å². The lowest BCUT2D eigenvalue weighted by Crippen LogP contribution is -2.47. The summed E-state index contributed by atoms with van der Waals surface area (Å²) in [5.41, 5.74) is 0.803. The number of rotatable bonds is 6. The maximum atomic E-state index is 11.6. The van der Waals surface area contributed by atoms with Gasteiger partial charge in [-0.15, -0.1) is 0 Å². The van der Waals surface area contributed by atoms with Gasteiger partial charge in [-0.3, -0.25) is 9.69 Å². The molecule has 0 saturated carbocycles. The van der Waals surface area contributed by atoms with Crippen molar-refractivity contribution < 1.29 is 19.4 Å². The first kappa shape index (κ1) is 15.0. The van der Waals surface area contributed by atoms with E-state index in [1.54, 1.807) is 0 Å². The molecule has 1 fully saturated rings. The normalized spacial score (nSPS) is 21.6. The highest BCUT2D eigenvalue weighted by atomic mass is 16.5. The molecule has 0 radical (unpaired) electrons. The van der Waals surface area contributed by atoms with Crippen LogP contribution in [0.25, 0.3) is 0 Å². The summed E-state index contributed by atoms with van der Waals surface area (Å²) in [6.07, 6.45) is -0.0609. The fraction of sp³-hybridized carbons (Fsp3) is 0.533. The molecule has 5 heteroatoms. The average molecular weight is 279 g/mol. The predicted molar refractivity (Wildman–Crippen MR) is 74.6 cm³/mol. The van der Waals surface area contributed by atoms with Crippen molar-refractivity contribution in [3.05, 3.63) is 35.9 Å². The molecule has 0 aromatic heterocycles. The van der Waals surface area contributed by atoms with Crippen LogP contribution in [0.3, 0.4) is 0 Å². The second kappa shape index (κ2) is 7.38. The number of nitrogens with zero attached hydrogens (tertiary/aromatic N) is 1. The van der Waals surface area contributed by atoms with Crippen molar-refractivity contribution in [2.75, 3.05) is 32.9 Å². The van der Waals surface area contributed by atoms with Crippen LogP contribution >= 0.6 is 0 Å². The number of morpholine rings is 1. The van der Waals surface area contributed by atoms with Crippen LogP contribution in [0.1, 0.15) is 18.5 Å². The van der Waals surface area contributed by atoms with Crippen LogP contribution in [0, 0.1) is 0 Å². The largest absolute Gasteiger partial charge is 0.480 e. The number of hydrogen-bond acceptors (Lipinski definition) is 4. The van der Waals surface area contributed by atoms with Gasteiger partial charge in [0.05, 0.1) is 19.3 Å². The van der Waals surface area contributed by atoms with E-state index in [1.165, 1.54) is 0 Å². The van der Waals surface area contributed by atoms with Gasteiger partial charge in [-0.2, -0.15) is 0 Å². The minimum atomic E-state index is -0.826. The van der Waals surface area contributed by atoms with Gasteiger partial charge in [-0.05, 0) is 12.5 Å². The Kier molecular flexibility index (Phi) is 5.52. The fourth-order valence-electron chi connectivity index (χ4n) is 2.47. The van der Waals surface area contributed by atoms with Gasteiger partial charge in [0, 0.05) is 19.7 Å². The molecule has 1 saturated heterocycles. The number of carboxylic acids is 1. The van der Waals surface area contributed by atoms with E-state index in [9.17, 15) is 9.90 Å². The summed E-state index contributed by atoms with van der Waals surface area (Å²) in [6, 6.07) is 8.70. The van der Waals surface area contributed by atoms with Crippen LogP contribution in [0.2, 0.25) is 0 Å². The number of carbonyl (C=O) groups is 1. The molecule has 110 valence electrons. The summed E-state index contributed by atoms with van der Waals surface area (Å²) in [6.45, 7) is 4.81. The first-order chi connectivity index (χ1) is 9.72. The lowest BCUT2D eigenvalue weighted by Gasteiger charge is -2.36. The topological polar surface area (TPSA) is 59.0 Å². The van der Waals surface area contributed by atoms with Gasteiger partial charge < -0.3 is 14.6 Å². The van der Waals surface area contributed by atoms with Crippen LogP contribution in [-0.4, -0.2) is 55.0 Å². The van der Waals surface area contributed by atoms with Crippen molar-refractivity contribution >= 4 is 5.97 Å². The van der Waals surface area contributed by atoms with Gasteiger partial charge in [0.1, 0.15) is 6.04 Å². The van der Waals surface area contributed by atoms with Crippen molar-refractivity contribution in [2.45, 2.75) is 19.1 Å². The molecule has 5 nitrogen and oxygen atoms in total. The SMILES string of the molecule is CCOCC1CN(C(C(=O)O)c2ccccc2)CCO1. The van der Waals surface area contributed by atoms with Crippen molar-refractivity contribution in [3.8, 4) is 0 Å². The Labute approximate surface area is 119 Å². The molecular weight excluding hydrogens is 258 g/mol. The maximum Gasteiger partial charge on any atom is 0.325 e. The zero-order valence-corrected chi connectivity index (χ0v) is 11.7. The molecule has 0 bridgehead atoms. The zero-order valence-electron chi connectivity index (χ0n) is 11.7. The lowest BCUT2D eigenvalue weighted by atomic mass is 10.0. The quantitative estimate of drug-likeness (QED) is 0.856. The third-order valence-corrected chi connectivity index (χ3v) is 3.39. The van der Waals surface area contributed by atoms with Gasteiger partial charge >= 0.3 is 5.97 Å². The number of hydrogen-bond donors (Lipinski definition) is 1. The van der Waals surface area contributed by atoms with Crippen LogP contribution in [-0.2, 0) is 14.3 Å². The third kappa shape index (κ3) is 3.79. The molecule has 2 unspecified atom stereocenters. The van der Waals surface area contributed by atoms with E-state index >= 15 is 0 Å². The number of ether oxygens (including phenoxy) is 2. The molecule has 1 aromatic rings. The molecule has 1 aliphatic heterocycles. The predicted octanol–water partition coefficient (Wildman–Crippen LogP) is 1.55. The van der Waals surface area contributed by atoms with E-state index in [-0.39, 0.29) is 6.10 Å². The Morgan fingerprint density at radius 1 is 1.50 bits per heavy atom.